The molecule has 1 amide bonds. The Morgan fingerprint density at radius 3 is 2.84 bits per heavy atom. The number of aryl methyl sites for hydroxylation is 1. The lowest BCUT2D eigenvalue weighted by molar-refractivity contribution is -0.115. The van der Waals surface area contributed by atoms with Crippen molar-refractivity contribution in [2.45, 2.75) is 25.7 Å². The summed E-state index contributed by atoms with van der Waals surface area (Å²) in [7, 11) is 0. The van der Waals surface area contributed by atoms with Crippen molar-refractivity contribution < 1.29 is 9.21 Å². The summed E-state index contributed by atoms with van der Waals surface area (Å²) in [4.78, 5) is 13.5. The SMILES string of the molecule is N#Cc1c(NC(=S)NC(=O)C=Cc2ccc(-c3cccc(Cl)c3Cl)o2)sc2c1CCCC2. The van der Waals surface area contributed by atoms with Gasteiger partial charge < -0.3 is 9.73 Å². The van der Waals surface area contributed by atoms with Crippen LogP contribution in [0.5, 0.6) is 0 Å². The first-order chi connectivity index (χ1) is 15.5. The van der Waals surface area contributed by atoms with Crippen molar-refractivity contribution in [2.75, 3.05) is 5.32 Å². The Kier molecular flexibility index (Phi) is 6.97. The first-order valence-corrected chi connectivity index (χ1v) is 11.8. The monoisotopic (exact) mass is 501 g/mol. The molecule has 4 rings (SSSR count). The summed E-state index contributed by atoms with van der Waals surface area (Å²) < 4.78 is 5.74. The highest BCUT2D eigenvalue weighted by atomic mass is 35.5. The minimum absolute atomic E-state index is 0.139. The van der Waals surface area contributed by atoms with Crippen molar-refractivity contribution >= 4 is 68.9 Å². The summed E-state index contributed by atoms with van der Waals surface area (Å²) >= 11 is 19.1. The van der Waals surface area contributed by atoms with Gasteiger partial charge in [-0.25, -0.2) is 0 Å². The second-order valence-corrected chi connectivity index (χ2v) is 9.41. The van der Waals surface area contributed by atoms with Gasteiger partial charge in [0.05, 0.1) is 15.6 Å². The zero-order chi connectivity index (χ0) is 22.7. The molecule has 1 aliphatic carbocycles. The lowest BCUT2D eigenvalue weighted by atomic mass is 9.96. The summed E-state index contributed by atoms with van der Waals surface area (Å²) in [5, 5.41) is 16.8. The van der Waals surface area contributed by atoms with E-state index >= 15 is 0 Å². The molecule has 0 fully saturated rings. The highest BCUT2D eigenvalue weighted by Gasteiger charge is 2.21. The molecule has 0 bridgehead atoms. The van der Waals surface area contributed by atoms with Crippen molar-refractivity contribution in [1.29, 1.82) is 5.26 Å². The molecule has 2 heterocycles. The Morgan fingerprint density at radius 1 is 1.22 bits per heavy atom. The van der Waals surface area contributed by atoms with Gasteiger partial charge in [0.25, 0.3) is 0 Å². The van der Waals surface area contributed by atoms with Gasteiger partial charge in [0, 0.05) is 16.5 Å². The summed E-state index contributed by atoms with van der Waals surface area (Å²) in [5.74, 6) is 0.601. The molecule has 2 N–H and O–H groups in total. The van der Waals surface area contributed by atoms with E-state index in [1.54, 1.807) is 30.3 Å². The topological polar surface area (TPSA) is 78.1 Å². The molecule has 0 atom stereocenters. The van der Waals surface area contributed by atoms with E-state index in [2.05, 4.69) is 16.7 Å². The maximum atomic E-state index is 12.3. The number of benzene rings is 1. The Bertz CT molecular complexity index is 1270. The molecule has 0 radical (unpaired) electrons. The van der Waals surface area contributed by atoms with Crippen LogP contribution in [0.2, 0.25) is 10.0 Å². The van der Waals surface area contributed by atoms with Gasteiger partial charge in [-0.3, -0.25) is 10.1 Å². The van der Waals surface area contributed by atoms with Gasteiger partial charge in [0.2, 0.25) is 5.91 Å². The number of carbonyl (C=O) groups is 1. The summed E-state index contributed by atoms with van der Waals surface area (Å²) in [6, 6.07) is 11.0. The van der Waals surface area contributed by atoms with Crippen molar-refractivity contribution in [3.8, 4) is 17.4 Å². The van der Waals surface area contributed by atoms with Crippen LogP contribution in [-0.4, -0.2) is 11.0 Å². The average Bonchev–Trinajstić information content (AvgIpc) is 3.38. The third-order valence-electron chi connectivity index (χ3n) is 4.99. The Balaban J connectivity index is 1.39. The number of thiocarbonyl (C=S) groups is 1. The maximum Gasteiger partial charge on any atom is 0.250 e. The minimum Gasteiger partial charge on any atom is -0.457 e. The van der Waals surface area contributed by atoms with Gasteiger partial charge in [-0.1, -0.05) is 29.3 Å². The number of furan rings is 1. The van der Waals surface area contributed by atoms with Gasteiger partial charge in [-0.15, -0.1) is 11.3 Å². The van der Waals surface area contributed by atoms with Crippen LogP contribution in [0.3, 0.4) is 0 Å². The molecule has 5 nitrogen and oxygen atoms in total. The molecule has 32 heavy (non-hydrogen) atoms. The van der Waals surface area contributed by atoms with Crippen LogP contribution in [0.4, 0.5) is 5.00 Å². The summed E-state index contributed by atoms with van der Waals surface area (Å²) in [5.41, 5.74) is 2.40. The second kappa shape index (κ2) is 9.88. The number of carbonyl (C=O) groups excluding carboxylic acids is 1. The van der Waals surface area contributed by atoms with Crippen molar-refractivity contribution in [3.05, 3.63) is 68.2 Å². The van der Waals surface area contributed by atoms with Gasteiger partial charge in [-0.2, -0.15) is 5.26 Å². The van der Waals surface area contributed by atoms with Crippen LogP contribution in [0, 0.1) is 11.3 Å². The highest BCUT2D eigenvalue weighted by Crippen LogP contribution is 2.37. The van der Waals surface area contributed by atoms with Crippen LogP contribution in [0.15, 0.2) is 40.8 Å². The van der Waals surface area contributed by atoms with Gasteiger partial charge >= 0.3 is 0 Å². The van der Waals surface area contributed by atoms with E-state index in [-0.39, 0.29) is 5.11 Å². The van der Waals surface area contributed by atoms with E-state index in [0.29, 0.717) is 37.7 Å². The zero-order valence-electron chi connectivity index (χ0n) is 16.7. The molecule has 0 saturated carbocycles. The second-order valence-electron chi connectivity index (χ2n) is 7.11. The molecular weight excluding hydrogens is 485 g/mol. The van der Waals surface area contributed by atoms with Gasteiger partial charge in [0.15, 0.2) is 5.11 Å². The van der Waals surface area contributed by atoms with Crippen molar-refractivity contribution in [3.63, 3.8) is 0 Å². The fraction of sp³-hybridized carbons (Fsp3) is 0.174. The fourth-order valence-corrected chi connectivity index (χ4v) is 5.40. The van der Waals surface area contributed by atoms with Crippen LogP contribution in [0.1, 0.15) is 34.6 Å². The molecule has 1 aromatic carbocycles. The molecular formula is C23H17Cl2N3O2S2. The molecule has 162 valence electrons. The first kappa shape index (κ1) is 22.6. The summed E-state index contributed by atoms with van der Waals surface area (Å²) in [6.45, 7) is 0. The van der Waals surface area contributed by atoms with E-state index in [4.69, 9.17) is 39.8 Å². The molecule has 0 unspecified atom stereocenters. The van der Waals surface area contributed by atoms with E-state index in [1.165, 1.54) is 28.4 Å². The van der Waals surface area contributed by atoms with Crippen LogP contribution >= 0.6 is 46.8 Å². The number of amides is 1. The van der Waals surface area contributed by atoms with Gasteiger partial charge in [0.1, 0.15) is 22.6 Å². The lowest BCUT2D eigenvalue weighted by Crippen LogP contribution is -2.32. The third kappa shape index (κ3) is 4.89. The number of nitriles is 1. The first-order valence-electron chi connectivity index (χ1n) is 9.85. The van der Waals surface area contributed by atoms with E-state index in [1.807, 2.05) is 0 Å². The van der Waals surface area contributed by atoms with Crippen molar-refractivity contribution in [1.82, 2.24) is 5.32 Å². The van der Waals surface area contributed by atoms with E-state index in [0.717, 1.165) is 31.2 Å². The normalized spacial score (nSPS) is 12.9. The Morgan fingerprint density at radius 2 is 2.03 bits per heavy atom. The highest BCUT2D eigenvalue weighted by molar-refractivity contribution is 7.80. The zero-order valence-corrected chi connectivity index (χ0v) is 19.9. The number of hydrogen-bond acceptors (Lipinski definition) is 5. The number of nitrogens with one attached hydrogen (secondary N) is 2. The molecule has 0 aliphatic heterocycles. The quantitative estimate of drug-likeness (QED) is 0.311. The van der Waals surface area contributed by atoms with Crippen LogP contribution < -0.4 is 10.6 Å². The molecule has 1 aliphatic rings. The number of anilines is 1. The number of rotatable bonds is 4. The Hall–Kier alpha value is -2.63. The molecule has 0 saturated heterocycles. The number of hydrogen-bond donors (Lipinski definition) is 2. The largest absolute Gasteiger partial charge is 0.457 e. The molecule has 3 aromatic rings. The number of halogens is 2. The number of fused-ring (bicyclic) bond motifs is 1. The van der Waals surface area contributed by atoms with Crippen LogP contribution in [0.25, 0.3) is 17.4 Å². The molecule has 2 aromatic heterocycles. The number of thiophene rings is 1. The third-order valence-corrected chi connectivity index (χ3v) is 7.22. The standard InChI is InChI=1S/C23H17Cl2N3O2S2/c24-17-6-3-5-15(21(17)25)18-10-8-13(30-18)9-11-20(29)27-23(31)28-22-16(12-26)14-4-1-2-7-19(14)32-22/h3,5-6,8-11H,1-2,4,7H2,(H2,27,28,29,31). The predicted molar refractivity (Wildman–Crippen MR) is 133 cm³/mol. The maximum absolute atomic E-state index is 12.3. The van der Waals surface area contributed by atoms with E-state index < -0.39 is 5.91 Å². The molecule has 0 spiro atoms. The minimum atomic E-state index is -0.416. The molecule has 9 heteroatoms. The summed E-state index contributed by atoms with van der Waals surface area (Å²) in [6.07, 6.45) is 6.95. The lowest BCUT2D eigenvalue weighted by Gasteiger charge is -2.09. The Labute approximate surface area is 204 Å². The average molecular weight is 502 g/mol. The smallest absolute Gasteiger partial charge is 0.250 e. The van der Waals surface area contributed by atoms with Crippen LogP contribution in [-0.2, 0) is 17.6 Å². The van der Waals surface area contributed by atoms with E-state index in [9.17, 15) is 10.1 Å². The fourth-order valence-electron chi connectivity index (χ4n) is 3.50. The predicted octanol–water partition coefficient (Wildman–Crippen LogP) is 6.59. The van der Waals surface area contributed by atoms with Crippen molar-refractivity contribution in [2.24, 2.45) is 0 Å². The van der Waals surface area contributed by atoms with Gasteiger partial charge in [-0.05, 0) is 73.8 Å². The number of nitrogens with zero attached hydrogens (tertiary/aromatic N) is 1.